The Morgan fingerprint density at radius 1 is 1.59 bits per heavy atom. The van der Waals surface area contributed by atoms with Crippen molar-refractivity contribution in [2.24, 2.45) is 0 Å². The van der Waals surface area contributed by atoms with Crippen LogP contribution in [0, 0.1) is 0 Å². The molecule has 1 rings (SSSR count). The maximum absolute atomic E-state index is 11.5. The highest BCUT2D eigenvalue weighted by molar-refractivity contribution is 7.99. The van der Waals surface area contributed by atoms with Crippen LogP contribution in [-0.2, 0) is 9.53 Å². The van der Waals surface area contributed by atoms with Gasteiger partial charge in [-0.1, -0.05) is 0 Å². The summed E-state index contributed by atoms with van der Waals surface area (Å²) >= 11 is 1.78. The van der Waals surface area contributed by atoms with Crippen molar-refractivity contribution in [3.63, 3.8) is 0 Å². The van der Waals surface area contributed by atoms with E-state index in [1.165, 1.54) is 7.11 Å². The Bertz CT molecular complexity index is 269. The lowest BCUT2D eigenvalue weighted by atomic mass is 10.2. The second kappa shape index (κ2) is 7.39. The molecule has 1 aliphatic rings. The standard InChI is InChI=1S/C10H18N2O4S/c1-16-4-2-8(9(13)14)12-10(15)11-7-3-5-17-6-7/h7-8H,2-6H2,1H3,(H,13,14)(H2,11,12,15). The number of hydrogen-bond donors (Lipinski definition) is 3. The summed E-state index contributed by atoms with van der Waals surface area (Å²) < 4.78 is 4.80. The minimum absolute atomic E-state index is 0.150. The molecule has 98 valence electrons. The van der Waals surface area contributed by atoms with Crippen molar-refractivity contribution < 1.29 is 19.4 Å². The number of carbonyl (C=O) groups excluding carboxylic acids is 1. The van der Waals surface area contributed by atoms with Crippen LogP contribution in [0.1, 0.15) is 12.8 Å². The van der Waals surface area contributed by atoms with Gasteiger partial charge in [0.15, 0.2) is 0 Å². The highest BCUT2D eigenvalue weighted by atomic mass is 32.2. The SMILES string of the molecule is COCCC(NC(=O)NC1CCSC1)C(=O)O. The number of carboxylic acids is 1. The third kappa shape index (κ3) is 5.27. The Kier molecular flexibility index (Phi) is 6.13. The first-order valence-corrected chi connectivity index (χ1v) is 6.65. The zero-order valence-electron chi connectivity index (χ0n) is 9.77. The molecule has 1 heterocycles. The molecule has 0 aromatic heterocycles. The predicted octanol–water partition coefficient (Wildman–Crippen LogP) is 0.281. The molecule has 2 atom stereocenters. The molecule has 6 nitrogen and oxygen atoms in total. The fraction of sp³-hybridized carbons (Fsp3) is 0.800. The van der Waals surface area contributed by atoms with Crippen LogP contribution in [0.2, 0.25) is 0 Å². The molecule has 0 saturated carbocycles. The lowest BCUT2D eigenvalue weighted by molar-refractivity contribution is -0.139. The van der Waals surface area contributed by atoms with Gasteiger partial charge in [-0.25, -0.2) is 9.59 Å². The van der Waals surface area contributed by atoms with E-state index in [0.29, 0.717) is 6.61 Å². The highest BCUT2D eigenvalue weighted by Gasteiger charge is 2.22. The molecule has 1 saturated heterocycles. The van der Waals surface area contributed by atoms with E-state index in [9.17, 15) is 9.59 Å². The first-order valence-electron chi connectivity index (χ1n) is 5.50. The Hall–Kier alpha value is -0.950. The minimum atomic E-state index is -1.04. The average molecular weight is 262 g/mol. The van der Waals surface area contributed by atoms with Gasteiger partial charge in [0.05, 0.1) is 0 Å². The molecule has 2 unspecified atom stereocenters. The van der Waals surface area contributed by atoms with Gasteiger partial charge in [-0.2, -0.15) is 11.8 Å². The lowest BCUT2D eigenvalue weighted by Gasteiger charge is -2.17. The molecule has 1 fully saturated rings. The third-order valence-corrected chi connectivity index (χ3v) is 3.64. The number of aliphatic carboxylic acids is 1. The van der Waals surface area contributed by atoms with E-state index < -0.39 is 18.0 Å². The van der Waals surface area contributed by atoms with Crippen LogP contribution in [0.3, 0.4) is 0 Å². The number of ether oxygens (including phenoxy) is 1. The zero-order chi connectivity index (χ0) is 12.7. The molecule has 0 aromatic carbocycles. The molecular weight excluding hydrogens is 244 g/mol. The van der Waals surface area contributed by atoms with Crippen molar-refractivity contribution in [3.8, 4) is 0 Å². The molecule has 2 amide bonds. The molecular formula is C10H18N2O4S. The Morgan fingerprint density at radius 2 is 2.35 bits per heavy atom. The normalized spacial score (nSPS) is 20.9. The van der Waals surface area contributed by atoms with E-state index in [4.69, 9.17) is 9.84 Å². The van der Waals surface area contributed by atoms with Gasteiger partial charge in [-0.3, -0.25) is 0 Å². The largest absolute Gasteiger partial charge is 0.480 e. The number of nitrogens with one attached hydrogen (secondary N) is 2. The number of rotatable bonds is 6. The smallest absolute Gasteiger partial charge is 0.326 e. The summed E-state index contributed by atoms with van der Waals surface area (Å²) in [4.78, 5) is 22.4. The third-order valence-electron chi connectivity index (χ3n) is 2.48. The van der Waals surface area contributed by atoms with Gasteiger partial charge in [0.2, 0.25) is 0 Å². The van der Waals surface area contributed by atoms with Crippen LogP contribution >= 0.6 is 11.8 Å². The van der Waals surface area contributed by atoms with E-state index in [1.54, 1.807) is 11.8 Å². The van der Waals surface area contributed by atoms with Crippen molar-refractivity contribution >= 4 is 23.8 Å². The van der Waals surface area contributed by atoms with E-state index in [0.717, 1.165) is 17.9 Å². The van der Waals surface area contributed by atoms with Crippen LogP contribution in [0.15, 0.2) is 0 Å². The fourth-order valence-corrected chi connectivity index (χ4v) is 2.68. The second-order valence-corrected chi connectivity index (χ2v) is 5.00. The van der Waals surface area contributed by atoms with Crippen LogP contribution < -0.4 is 10.6 Å². The van der Waals surface area contributed by atoms with Crippen LogP contribution in [0.4, 0.5) is 4.79 Å². The van der Waals surface area contributed by atoms with Gasteiger partial charge in [0.1, 0.15) is 6.04 Å². The van der Waals surface area contributed by atoms with Crippen molar-refractivity contribution in [1.82, 2.24) is 10.6 Å². The van der Waals surface area contributed by atoms with E-state index >= 15 is 0 Å². The summed E-state index contributed by atoms with van der Waals surface area (Å²) in [6, 6.07) is -1.16. The molecule has 0 spiro atoms. The number of carbonyl (C=O) groups is 2. The Balaban J connectivity index is 2.32. The number of amides is 2. The van der Waals surface area contributed by atoms with Gasteiger partial charge >= 0.3 is 12.0 Å². The molecule has 0 radical (unpaired) electrons. The maximum Gasteiger partial charge on any atom is 0.326 e. The zero-order valence-corrected chi connectivity index (χ0v) is 10.6. The average Bonchev–Trinajstić information content (AvgIpc) is 2.76. The van der Waals surface area contributed by atoms with Gasteiger partial charge in [-0.15, -0.1) is 0 Å². The molecule has 7 heteroatoms. The molecule has 1 aliphatic heterocycles. The highest BCUT2D eigenvalue weighted by Crippen LogP contribution is 2.16. The van der Waals surface area contributed by atoms with Gasteiger partial charge < -0.3 is 20.5 Å². The molecule has 0 bridgehead atoms. The number of thioether (sulfide) groups is 1. The van der Waals surface area contributed by atoms with Gasteiger partial charge in [0.25, 0.3) is 0 Å². The van der Waals surface area contributed by atoms with Crippen LogP contribution in [0.5, 0.6) is 0 Å². The number of methoxy groups -OCH3 is 1. The first kappa shape index (κ1) is 14.1. The Labute approximate surface area is 104 Å². The maximum atomic E-state index is 11.5. The van der Waals surface area contributed by atoms with E-state index in [-0.39, 0.29) is 12.5 Å². The summed E-state index contributed by atoms with van der Waals surface area (Å²) in [5, 5.41) is 14.1. The fourth-order valence-electron chi connectivity index (χ4n) is 1.53. The minimum Gasteiger partial charge on any atom is -0.480 e. The summed E-state index contributed by atoms with van der Waals surface area (Å²) in [5.41, 5.74) is 0. The summed E-state index contributed by atoms with van der Waals surface area (Å²) in [6.07, 6.45) is 1.20. The summed E-state index contributed by atoms with van der Waals surface area (Å²) in [7, 11) is 1.49. The number of hydrogen-bond acceptors (Lipinski definition) is 4. The number of carboxylic acid groups (broad SMARTS) is 1. The summed E-state index contributed by atoms with van der Waals surface area (Å²) in [5.74, 6) is 0.887. The predicted molar refractivity (Wildman–Crippen MR) is 65.3 cm³/mol. The molecule has 17 heavy (non-hydrogen) atoms. The van der Waals surface area contributed by atoms with Crippen molar-refractivity contribution in [2.75, 3.05) is 25.2 Å². The number of urea groups is 1. The van der Waals surface area contributed by atoms with Crippen molar-refractivity contribution in [1.29, 1.82) is 0 Å². The second-order valence-electron chi connectivity index (χ2n) is 3.85. The lowest BCUT2D eigenvalue weighted by Crippen LogP contribution is -2.49. The van der Waals surface area contributed by atoms with E-state index in [2.05, 4.69) is 10.6 Å². The van der Waals surface area contributed by atoms with Gasteiger partial charge in [0, 0.05) is 31.9 Å². The quantitative estimate of drug-likeness (QED) is 0.640. The molecule has 0 aliphatic carbocycles. The Morgan fingerprint density at radius 3 is 2.88 bits per heavy atom. The van der Waals surface area contributed by atoms with E-state index in [1.807, 2.05) is 0 Å². The molecule has 0 aromatic rings. The first-order chi connectivity index (χ1) is 8.13. The topological polar surface area (TPSA) is 87.7 Å². The summed E-state index contributed by atoms with van der Waals surface area (Å²) in [6.45, 7) is 0.302. The monoisotopic (exact) mass is 262 g/mol. The molecule has 3 N–H and O–H groups in total. The van der Waals surface area contributed by atoms with Crippen molar-refractivity contribution in [2.45, 2.75) is 24.9 Å². The van der Waals surface area contributed by atoms with Crippen LogP contribution in [-0.4, -0.2) is 54.4 Å². The van der Waals surface area contributed by atoms with Crippen molar-refractivity contribution in [3.05, 3.63) is 0 Å². The van der Waals surface area contributed by atoms with Crippen LogP contribution in [0.25, 0.3) is 0 Å². The van der Waals surface area contributed by atoms with Gasteiger partial charge in [-0.05, 0) is 12.2 Å².